The molecule has 4 aliphatic carbocycles. The number of fused-ring (bicyclic) bond motifs is 5. The van der Waals surface area contributed by atoms with Gasteiger partial charge in [-0.3, -0.25) is 4.79 Å². The van der Waals surface area contributed by atoms with Gasteiger partial charge in [0.2, 0.25) is 0 Å². The van der Waals surface area contributed by atoms with E-state index in [1.165, 1.54) is 0 Å². The van der Waals surface area contributed by atoms with Crippen molar-refractivity contribution in [2.45, 2.75) is 70.8 Å². The summed E-state index contributed by atoms with van der Waals surface area (Å²) < 4.78 is 0. The lowest BCUT2D eigenvalue weighted by atomic mass is 9.43. The number of carbonyl (C=O) groups is 1. The van der Waals surface area contributed by atoms with E-state index in [0.29, 0.717) is 43.1 Å². The van der Waals surface area contributed by atoms with Crippen LogP contribution in [0, 0.1) is 28.6 Å². The lowest BCUT2D eigenvalue weighted by Crippen LogP contribution is -2.63. The fraction of sp³-hybridized carbons (Fsp3) is 0.818. The van der Waals surface area contributed by atoms with Crippen molar-refractivity contribution in [2.24, 2.45) is 39.5 Å². The van der Waals surface area contributed by atoms with Gasteiger partial charge in [0, 0.05) is 30.2 Å². The number of hydrogen-bond donors (Lipinski definition) is 2. The summed E-state index contributed by atoms with van der Waals surface area (Å²) in [6.45, 7) is 9.63. The molecule has 0 aliphatic heterocycles. The highest BCUT2D eigenvalue weighted by Crippen LogP contribution is 2.67. The molecule has 0 aromatic carbocycles. The normalized spacial score (nSPS) is 46.4. The highest BCUT2D eigenvalue weighted by molar-refractivity contribution is 5.88. The minimum Gasteiger partial charge on any atom is -0.395 e. The van der Waals surface area contributed by atoms with Crippen LogP contribution in [-0.2, 0) is 9.63 Å². The van der Waals surface area contributed by atoms with E-state index >= 15 is 0 Å². The van der Waals surface area contributed by atoms with E-state index < -0.39 is 5.60 Å². The molecule has 0 amide bonds. The summed E-state index contributed by atoms with van der Waals surface area (Å²) in [7, 11) is 0. The number of aliphatic hydroxyl groups is 1. The fourth-order valence-electron chi connectivity index (χ4n) is 7.07. The molecule has 5 nitrogen and oxygen atoms in total. The van der Waals surface area contributed by atoms with Crippen LogP contribution < -0.4 is 5.73 Å². The quantitative estimate of drug-likeness (QED) is 0.422. The zero-order valence-corrected chi connectivity index (χ0v) is 18.0. The van der Waals surface area contributed by atoms with Gasteiger partial charge in [0.1, 0.15) is 12.4 Å². The lowest BCUT2D eigenvalue weighted by molar-refractivity contribution is -0.161. The molecule has 4 aliphatic rings. The molecule has 6 atom stereocenters. The molecule has 0 aromatic rings. The molecule has 0 radical (unpaired) electrons. The van der Waals surface area contributed by atoms with E-state index in [0.717, 1.165) is 56.2 Å². The Morgan fingerprint density at radius 3 is 2.71 bits per heavy atom. The second-order valence-corrected chi connectivity index (χ2v) is 9.84. The van der Waals surface area contributed by atoms with Crippen LogP contribution in [0.4, 0.5) is 0 Å². The average Bonchev–Trinajstić information content (AvgIpc) is 2.93. The Labute approximate surface area is 174 Å². The monoisotopic (exact) mass is 410 g/mol. The molecule has 4 fully saturated rings. The van der Waals surface area contributed by atoms with Crippen molar-refractivity contribution in [1.29, 1.82) is 0 Å². The number of rotatable bonds is 3. The van der Waals surface area contributed by atoms with Gasteiger partial charge in [-0.25, -0.2) is 0 Å². The van der Waals surface area contributed by atoms with Gasteiger partial charge in [0.15, 0.2) is 0 Å². The first kappa shape index (κ1) is 21.8. The van der Waals surface area contributed by atoms with Crippen LogP contribution in [-0.4, -0.2) is 35.4 Å². The third-order valence-electron chi connectivity index (χ3n) is 8.77. The van der Waals surface area contributed by atoms with Crippen molar-refractivity contribution in [3.05, 3.63) is 12.2 Å². The number of hydrogen-bond acceptors (Lipinski definition) is 5. The summed E-state index contributed by atoms with van der Waals surface area (Å²) in [6.07, 6.45) is 6.83. The smallest absolute Gasteiger partial charge is 0.139 e. The van der Waals surface area contributed by atoms with Crippen molar-refractivity contribution in [3.63, 3.8) is 0 Å². The third kappa shape index (κ3) is 2.88. The fourth-order valence-corrected chi connectivity index (χ4v) is 7.07. The second kappa shape index (κ2) is 7.41. The number of Topliss-reactive ketones (excluding diaryl/α,β-unsaturated/α-hetero) is 1. The summed E-state index contributed by atoms with van der Waals surface area (Å²) in [6, 6.07) is 0. The van der Waals surface area contributed by atoms with Gasteiger partial charge in [-0.05, 0) is 61.9 Å². The summed E-state index contributed by atoms with van der Waals surface area (Å²) in [5, 5.41) is 16.1. The van der Waals surface area contributed by atoms with Gasteiger partial charge in [-0.2, -0.15) is 0 Å². The van der Waals surface area contributed by atoms with Crippen LogP contribution in [0.2, 0.25) is 0 Å². The van der Waals surface area contributed by atoms with Crippen molar-refractivity contribution < 1.29 is 14.7 Å². The van der Waals surface area contributed by atoms with E-state index in [9.17, 15) is 9.90 Å². The molecule has 0 saturated heterocycles. The Balaban J connectivity index is 0.00000225. The Morgan fingerprint density at radius 2 is 2.00 bits per heavy atom. The van der Waals surface area contributed by atoms with E-state index in [1.54, 1.807) is 0 Å². The van der Waals surface area contributed by atoms with Gasteiger partial charge in [0.25, 0.3) is 0 Å². The molecule has 0 aromatic heterocycles. The predicted molar refractivity (Wildman–Crippen MR) is 112 cm³/mol. The molecule has 0 unspecified atom stereocenters. The first-order valence-corrected chi connectivity index (χ1v) is 10.6. The Hall–Kier alpha value is -0.910. The topological polar surface area (TPSA) is 84.9 Å². The molecule has 0 spiro atoms. The number of carbonyl (C=O) groups excluding carboxylic acids is 1. The van der Waals surface area contributed by atoms with Gasteiger partial charge >= 0.3 is 0 Å². The number of oxime groups is 1. The number of ketones is 1. The van der Waals surface area contributed by atoms with Crippen LogP contribution >= 0.6 is 12.4 Å². The number of halogens is 1. The van der Waals surface area contributed by atoms with E-state index in [4.69, 9.17) is 10.6 Å². The van der Waals surface area contributed by atoms with Crippen LogP contribution in [0.25, 0.3) is 0 Å². The Kier molecular flexibility index (Phi) is 5.76. The van der Waals surface area contributed by atoms with E-state index in [2.05, 4.69) is 25.6 Å². The molecule has 4 saturated carbocycles. The Bertz CT molecular complexity index is 695. The molecule has 3 N–H and O–H groups in total. The summed E-state index contributed by atoms with van der Waals surface area (Å²) in [4.78, 5) is 17.9. The lowest BCUT2D eigenvalue weighted by Gasteiger charge is -2.63. The van der Waals surface area contributed by atoms with Crippen LogP contribution in [0.15, 0.2) is 17.3 Å². The van der Waals surface area contributed by atoms with Crippen LogP contribution in [0.3, 0.4) is 0 Å². The van der Waals surface area contributed by atoms with Crippen LogP contribution in [0.5, 0.6) is 0 Å². The molecule has 6 heteroatoms. The highest BCUT2D eigenvalue weighted by atomic mass is 35.5. The molecule has 28 heavy (non-hydrogen) atoms. The van der Waals surface area contributed by atoms with Crippen molar-refractivity contribution in [3.8, 4) is 0 Å². The maximum atomic E-state index is 12.6. The maximum absolute atomic E-state index is 12.6. The Morgan fingerprint density at radius 1 is 1.25 bits per heavy atom. The first-order chi connectivity index (χ1) is 12.8. The van der Waals surface area contributed by atoms with Gasteiger partial charge in [0.05, 0.1) is 11.3 Å². The minimum atomic E-state index is -0.923. The van der Waals surface area contributed by atoms with Crippen molar-refractivity contribution in [2.75, 3.05) is 13.2 Å². The highest BCUT2D eigenvalue weighted by Gasteiger charge is 2.65. The second-order valence-electron chi connectivity index (χ2n) is 9.84. The summed E-state index contributed by atoms with van der Waals surface area (Å²) >= 11 is 0. The van der Waals surface area contributed by atoms with Gasteiger partial charge in [-0.1, -0.05) is 25.6 Å². The largest absolute Gasteiger partial charge is 0.395 e. The number of nitrogens with zero attached hydrogens (tertiary/aromatic N) is 1. The van der Waals surface area contributed by atoms with Crippen molar-refractivity contribution in [1.82, 2.24) is 0 Å². The molecule has 0 heterocycles. The molecule has 158 valence electrons. The van der Waals surface area contributed by atoms with Crippen molar-refractivity contribution >= 4 is 23.9 Å². The van der Waals surface area contributed by atoms with Gasteiger partial charge in [-0.15, -0.1) is 12.4 Å². The summed E-state index contributed by atoms with van der Waals surface area (Å²) in [5.74, 6) is 1.82. The van der Waals surface area contributed by atoms with E-state index in [-0.39, 0.29) is 23.2 Å². The maximum Gasteiger partial charge on any atom is 0.139 e. The zero-order chi connectivity index (χ0) is 19.4. The SMILES string of the molecule is C=C1C[C@H]2[C@@H]3CCC(=O)[C@@]3(C)CC[C@@H]2[C@@]2(C)CCC(=NOCCN)C[C@]12O.Cl. The minimum absolute atomic E-state index is 0. The third-order valence-corrected chi connectivity index (χ3v) is 8.77. The standard InChI is InChI=1S/C22H34N2O3.ClH/c1-14-12-16-17-4-5-19(25)20(17,2)8-7-18(16)21(3)9-6-15(13-22(14,21)26)24-27-11-10-23;/h16-18,26H,1,4-13,23H2,2-3H3;1H/t16-,17-,18-,20-,21+,22-;/m0./s1. The summed E-state index contributed by atoms with van der Waals surface area (Å²) in [5.41, 5.74) is 6.05. The number of nitrogens with two attached hydrogens (primary N) is 1. The van der Waals surface area contributed by atoms with Gasteiger partial charge < -0.3 is 15.7 Å². The zero-order valence-electron chi connectivity index (χ0n) is 17.2. The molecule has 0 bridgehead atoms. The predicted octanol–water partition coefficient (Wildman–Crippen LogP) is 3.63. The molecule has 4 rings (SSSR count). The molecular formula is C22H35ClN2O3. The van der Waals surface area contributed by atoms with E-state index in [1.807, 2.05) is 0 Å². The van der Waals surface area contributed by atoms with Crippen LogP contribution in [0.1, 0.15) is 65.2 Å². The molecular weight excluding hydrogens is 376 g/mol. The first-order valence-electron chi connectivity index (χ1n) is 10.6. The average molecular weight is 411 g/mol.